The molecule has 1 aromatic heterocycles. The van der Waals surface area contributed by atoms with Crippen LogP contribution in [0.1, 0.15) is 0 Å². The Hall–Kier alpha value is -1.12. The van der Waals surface area contributed by atoms with E-state index in [0.717, 1.165) is 18.9 Å². The van der Waals surface area contributed by atoms with Gasteiger partial charge in [0.25, 0.3) is 0 Å². The molecule has 8 heteroatoms. The fourth-order valence-electron chi connectivity index (χ4n) is 0.951. The van der Waals surface area contributed by atoms with Crippen molar-refractivity contribution in [1.29, 1.82) is 0 Å². The van der Waals surface area contributed by atoms with Crippen LogP contribution < -0.4 is 5.32 Å². The molecular weight excluding hydrogens is 198 g/mol. The van der Waals surface area contributed by atoms with Gasteiger partial charge >= 0.3 is 10.4 Å². The Morgan fingerprint density at radius 1 is 1.54 bits per heavy atom. The highest BCUT2D eigenvalue weighted by molar-refractivity contribution is 7.79. The molecule has 0 saturated heterocycles. The third kappa shape index (κ3) is 3.87. The van der Waals surface area contributed by atoms with Gasteiger partial charge in [-0.3, -0.25) is 9.11 Å². The molecule has 0 aromatic carbocycles. The van der Waals surface area contributed by atoms with Crippen LogP contribution in [0.4, 0.5) is 5.82 Å². The number of anilines is 1. The number of nitrogens with zero attached hydrogens (tertiary/aromatic N) is 2. The van der Waals surface area contributed by atoms with Crippen LogP contribution in [-0.2, 0) is 16.9 Å². The van der Waals surface area contributed by atoms with Gasteiger partial charge in [0.1, 0.15) is 5.82 Å². The molecule has 2 rings (SSSR count). The molecule has 1 aromatic rings. The second kappa shape index (κ2) is 3.73. The van der Waals surface area contributed by atoms with Gasteiger partial charge < -0.3 is 5.32 Å². The Kier molecular flexibility index (Phi) is 2.86. The van der Waals surface area contributed by atoms with Crippen LogP contribution in [0.15, 0.2) is 12.3 Å². The number of hydrogen-bond donors (Lipinski definition) is 3. The molecule has 0 spiro atoms. The second-order valence-electron chi connectivity index (χ2n) is 2.31. The first-order valence-corrected chi connectivity index (χ1v) is 4.82. The van der Waals surface area contributed by atoms with E-state index in [-0.39, 0.29) is 0 Å². The summed E-state index contributed by atoms with van der Waals surface area (Å²) in [7, 11) is -4.67. The molecule has 0 aliphatic carbocycles. The number of aromatic nitrogens is 2. The smallest absolute Gasteiger partial charge is 0.368 e. The normalized spacial score (nSPS) is 14.0. The van der Waals surface area contributed by atoms with Crippen molar-refractivity contribution in [1.82, 2.24) is 9.78 Å². The lowest BCUT2D eigenvalue weighted by molar-refractivity contribution is 0.381. The van der Waals surface area contributed by atoms with Crippen molar-refractivity contribution in [3.8, 4) is 0 Å². The first-order chi connectivity index (χ1) is 5.97. The predicted molar refractivity (Wildman–Crippen MR) is 44.9 cm³/mol. The molecule has 0 atom stereocenters. The van der Waals surface area contributed by atoms with Gasteiger partial charge in [-0.05, 0) is 0 Å². The molecule has 0 unspecified atom stereocenters. The number of fused-ring (bicyclic) bond motifs is 1. The summed E-state index contributed by atoms with van der Waals surface area (Å²) >= 11 is 0. The van der Waals surface area contributed by atoms with Gasteiger partial charge in [-0.15, -0.1) is 0 Å². The lowest BCUT2D eigenvalue weighted by Gasteiger charge is -1.86. The summed E-state index contributed by atoms with van der Waals surface area (Å²) < 4.78 is 33.5. The van der Waals surface area contributed by atoms with Crippen LogP contribution in [0.2, 0.25) is 0 Å². The molecule has 1 aliphatic heterocycles. The van der Waals surface area contributed by atoms with E-state index < -0.39 is 10.4 Å². The fourth-order valence-corrected chi connectivity index (χ4v) is 0.951. The van der Waals surface area contributed by atoms with Crippen molar-refractivity contribution in [2.75, 3.05) is 11.9 Å². The van der Waals surface area contributed by atoms with Crippen LogP contribution in [0.3, 0.4) is 0 Å². The van der Waals surface area contributed by atoms with Crippen LogP contribution in [0, 0.1) is 0 Å². The standard InChI is InChI=1S/C5H7N3.H2O4S/c1-2-7-8-4-3-6-5(1)8;1-5(2,3)4/h1-2,6H,3-4H2;(H2,1,2,3,4). The van der Waals surface area contributed by atoms with E-state index in [9.17, 15) is 0 Å². The molecular formula is C5H9N3O4S. The predicted octanol–water partition coefficient (Wildman–Crippen LogP) is -0.344. The molecule has 0 fully saturated rings. The van der Waals surface area contributed by atoms with E-state index in [1.54, 1.807) is 0 Å². The summed E-state index contributed by atoms with van der Waals surface area (Å²) in [5, 5.41) is 7.23. The molecule has 3 N–H and O–H groups in total. The van der Waals surface area contributed by atoms with E-state index in [2.05, 4.69) is 10.4 Å². The minimum atomic E-state index is -4.67. The quantitative estimate of drug-likeness (QED) is 0.502. The zero-order valence-corrected chi connectivity index (χ0v) is 7.40. The summed E-state index contributed by atoms with van der Waals surface area (Å²) in [6, 6.07) is 1.98. The minimum Gasteiger partial charge on any atom is -0.368 e. The van der Waals surface area contributed by atoms with Crippen molar-refractivity contribution in [3.63, 3.8) is 0 Å². The van der Waals surface area contributed by atoms with E-state index in [1.165, 1.54) is 0 Å². The van der Waals surface area contributed by atoms with Gasteiger partial charge in [-0.25, -0.2) is 4.68 Å². The maximum Gasteiger partial charge on any atom is 0.394 e. The molecule has 7 nitrogen and oxygen atoms in total. The summed E-state index contributed by atoms with van der Waals surface area (Å²) in [5.74, 6) is 1.14. The maximum absolute atomic E-state index is 8.74. The van der Waals surface area contributed by atoms with Crippen molar-refractivity contribution in [3.05, 3.63) is 12.3 Å². The first kappa shape index (κ1) is 9.96. The van der Waals surface area contributed by atoms with Gasteiger partial charge in [0.05, 0.1) is 12.7 Å². The molecule has 0 amide bonds. The SMILES string of the molecule is O=S(=O)(O)O.c1cc2n(n1)CCN2. The van der Waals surface area contributed by atoms with E-state index in [4.69, 9.17) is 17.5 Å². The maximum atomic E-state index is 8.74. The lowest BCUT2D eigenvalue weighted by Crippen LogP contribution is -1.94. The molecule has 1 aliphatic rings. The van der Waals surface area contributed by atoms with Gasteiger partial charge in [-0.1, -0.05) is 0 Å². The van der Waals surface area contributed by atoms with Crippen molar-refractivity contribution in [2.24, 2.45) is 0 Å². The third-order valence-corrected chi connectivity index (χ3v) is 1.35. The highest BCUT2D eigenvalue weighted by Gasteiger charge is 2.06. The minimum absolute atomic E-state index is 1.02. The highest BCUT2D eigenvalue weighted by atomic mass is 32.3. The zero-order chi connectivity index (χ0) is 9.90. The molecule has 74 valence electrons. The van der Waals surface area contributed by atoms with E-state index in [1.807, 2.05) is 16.9 Å². The Balaban J connectivity index is 0.000000149. The Bertz CT molecular complexity index is 344. The number of hydrogen-bond acceptors (Lipinski definition) is 4. The van der Waals surface area contributed by atoms with E-state index in [0.29, 0.717) is 0 Å². The number of rotatable bonds is 0. The van der Waals surface area contributed by atoms with Crippen LogP contribution in [-0.4, -0.2) is 33.8 Å². The average molecular weight is 207 g/mol. The Morgan fingerprint density at radius 2 is 2.15 bits per heavy atom. The first-order valence-electron chi connectivity index (χ1n) is 3.42. The monoisotopic (exact) mass is 207 g/mol. The molecule has 0 saturated carbocycles. The van der Waals surface area contributed by atoms with Gasteiger partial charge in [-0.2, -0.15) is 13.5 Å². The van der Waals surface area contributed by atoms with Gasteiger partial charge in [0.2, 0.25) is 0 Å². The van der Waals surface area contributed by atoms with Crippen molar-refractivity contribution < 1.29 is 17.5 Å². The lowest BCUT2D eigenvalue weighted by atomic mass is 10.6. The van der Waals surface area contributed by atoms with Gasteiger partial charge in [0, 0.05) is 12.6 Å². The van der Waals surface area contributed by atoms with Crippen molar-refractivity contribution in [2.45, 2.75) is 6.54 Å². The van der Waals surface area contributed by atoms with Crippen LogP contribution >= 0.6 is 0 Å². The number of nitrogens with one attached hydrogen (secondary N) is 1. The Morgan fingerprint density at radius 3 is 2.69 bits per heavy atom. The summed E-state index contributed by atoms with van der Waals surface area (Å²) in [4.78, 5) is 0. The topological polar surface area (TPSA) is 104 Å². The zero-order valence-electron chi connectivity index (χ0n) is 6.58. The Labute approximate surface area is 75.0 Å². The van der Waals surface area contributed by atoms with Crippen LogP contribution in [0.25, 0.3) is 0 Å². The summed E-state index contributed by atoms with van der Waals surface area (Å²) in [5.41, 5.74) is 0. The van der Waals surface area contributed by atoms with Gasteiger partial charge in [0.15, 0.2) is 0 Å². The molecule has 13 heavy (non-hydrogen) atoms. The fraction of sp³-hybridized carbons (Fsp3) is 0.400. The van der Waals surface area contributed by atoms with Crippen LogP contribution in [0.5, 0.6) is 0 Å². The average Bonchev–Trinajstić information content (AvgIpc) is 2.36. The second-order valence-corrected chi connectivity index (χ2v) is 3.21. The largest absolute Gasteiger partial charge is 0.394 e. The third-order valence-electron chi connectivity index (χ3n) is 1.35. The molecule has 0 radical (unpaired) electrons. The van der Waals surface area contributed by atoms with Crippen molar-refractivity contribution >= 4 is 16.2 Å². The summed E-state index contributed by atoms with van der Waals surface area (Å²) in [6.07, 6.45) is 1.81. The molecule has 0 bridgehead atoms. The molecule has 2 heterocycles. The highest BCUT2D eigenvalue weighted by Crippen LogP contribution is 2.09. The van der Waals surface area contributed by atoms with E-state index >= 15 is 0 Å². The summed E-state index contributed by atoms with van der Waals surface area (Å²) in [6.45, 7) is 2.05.